The Morgan fingerprint density at radius 3 is 2.74 bits per heavy atom. The summed E-state index contributed by atoms with van der Waals surface area (Å²) in [4.78, 5) is 39.8. The van der Waals surface area contributed by atoms with Crippen molar-refractivity contribution in [3.05, 3.63) is 73.8 Å². The molecule has 38 heavy (non-hydrogen) atoms. The molecule has 202 valence electrons. The molecule has 1 atom stereocenters. The Kier molecular flexibility index (Phi) is 9.40. The number of benzene rings is 1. The number of methoxy groups -OCH3 is 1. The molecule has 3 heterocycles. The number of ether oxygens (including phenoxy) is 3. The highest BCUT2D eigenvalue weighted by Crippen LogP contribution is 2.26. The molecule has 1 aromatic carbocycles. The van der Waals surface area contributed by atoms with Crippen LogP contribution in [0, 0.1) is 6.92 Å². The summed E-state index contributed by atoms with van der Waals surface area (Å²) in [6, 6.07) is 12.1. The number of rotatable bonds is 12. The first-order valence-electron chi connectivity index (χ1n) is 12.0. The van der Waals surface area contributed by atoms with Crippen molar-refractivity contribution in [3.63, 3.8) is 0 Å². The molecule has 1 saturated heterocycles. The lowest BCUT2D eigenvalue weighted by Crippen LogP contribution is -2.34. The van der Waals surface area contributed by atoms with Gasteiger partial charge in [0, 0.05) is 32.1 Å². The average Bonchev–Trinajstić information content (AvgIpc) is 3.51. The lowest BCUT2D eigenvalue weighted by atomic mass is 10.1. The van der Waals surface area contributed by atoms with Gasteiger partial charge in [-0.25, -0.2) is 4.79 Å². The minimum atomic E-state index is -0.498. The summed E-state index contributed by atoms with van der Waals surface area (Å²) >= 11 is 7.07. The number of cyclic esters (lactones) is 1. The van der Waals surface area contributed by atoms with Crippen LogP contribution < -0.4 is 25.8 Å². The molecular formula is C26H29ClN4O6S. The molecule has 2 amide bonds. The van der Waals surface area contributed by atoms with Crippen molar-refractivity contribution < 1.29 is 23.8 Å². The summed E-state index contributed by atoms with van der Waals surface area (Å²) < 4.78 is 18.2. The fourth-order valence-corrected chi connectivity index (χ4v) is 4.91. The van der Waals surface area contributed by atoms with Crippen LogP contribution in [0.25, 0.3) is 5.69 Å². The lowest BCUT2D eigenvalue weighted by molar-refractivity contribution is 0.0920. The molecule has 0 radical (unpaired) electrons. The van der Waals surface area contributed by atoms with Gasteiger partial charge >= 0.3 is 6.09 Å². The predicted molar refractivity (Wildman–Crippen MR) is 146 cm³/mol. The van der Waals surface area contributed by atoms with Crippen molar-refractivity contribution in [3.8, 4) is 11.4 Å². The average molecular weight is 561 g/mol. The molecule has 1 aliphatic heterocycles. The number of anilines is 1. The predicted octanol–water partition coefficient (Wildman–Crippen LogP) is 3.23. The first-order chi connectivity index (χ1) is 18.4. The number of thiophene rings is 1. The number of halogens is 1. The van der Waals surface area contributed by atoms with Crippen LogP contribution in [0.1, 0.15) is 15.2 Å². The van der Waals surface area contributed by atoms with E-state index in [1.54, 1.807) is 49.7 Å². The highest BCUT2D eigenvalue weighted by molar-refractivity contribution is 7.18. The number of nitrogens with zero attached hydrogens (tertiary/aromatic N) is 2. The van der Waals surface area contributed by atoms with Crippen LogP contribution in [0.15, 0.2) is 53.5 Å². The number of nitrogens with one attached hydrogen (secondary N) is 2. The maximum atomic E-state index is 13.0. The number of hydrogen-bond donors (Lipinski definition) is 2. The van der Waals surface area contributed by atoms with Crippen molar-refractivity contribution in [1.82, 2.24) is 15.2 Å². The first kappa shape index (κ1) is 27.6. The van der Waals surface area contributed by atoms with E-state index in [1.165, 1.54) is 20.8 Å². The molecule has 0 spiro atoms. The van der Waals surface area contributed by atoms with Gasteiger partial charge in [0.2, 0.25) is 0 Å². The van der Waals surface area contributed by atoms with Crippen molar-refractivity contribution in [2.45, 2.75) is 13.0 Å². The van der Waals surface area contributed by atoms with Gasteiger partial charge in [0.25, 0.3) is 11.5 Å². The minimum absolute atomic E-state index is 0.178. The zero-order chi connectivity index (χ0) is 27.1. The molecule has 1 aliphatic rings. The van der Waals surface area contributed by atoms with Crippen LogP contribution in [-0.4, -0.2) is 69.2 Å². The molecule has 2 aromatic heterocycles. The number of hydrogen-bond acceptors (Lipinski definition) is 8. The summed E-state index contributed by atoms with van der Waals surface area (Å²) in [6.45, 7) is 4.57. The maximum Gasteiger partial charge on any atom is 0.414 e. The quantitative estimate of drug-likeness (QED) is 0.327. The second-order valence-corrected chi connectivity index (χ2v) is 10.3. The number of carbonyl (C=O) groups excluding carboxylic acids is 2. The molecular weight excluding hydrogens is 532 g/mol. The molecule has 4 rings (SSSR count). The SMILES string of the molecule is COCCNCCOc1cccn(-c2ccc(N3C[C@H](CNC(=O)c4ccc(Cl)s4)OC3=O)cc2C)c1=O. The van der Waals surface area contributed by atoms with Crippen LogP contribution in [-0.2, 0) is 9.47 Å². The Morgan fingerprint density at radius 1 is 1.18 bits per heavy atom. The van der Waals surface area contributed by atoms with Gasteiger partial charge in [0.05, 0.1) is 34.6 Å². The molecule has 2 N–H and O–H groups in total. The van der Waals surface area contributed by atoms with E-state index in [0.717, 1.165) is 5.56 Å². The van der Waals surface area contributed by atoms with Gasteiger partial charge < -0.3 is 24.8 Å². The number of aryl methyl sites for hydroxylation is 1. The Hall–Kier alpha value is -3.38. The molecule has 1 fully saturated rings. The molecule has 0 unspecified atom stereocenters. The summed E-state index contributed by atoms with van der Waals surface area (Å²) in [6.07, 6.45) is 0.682. The first-order valence-corrected chi connectivity index (χ1v) is 13.2. The lowest BCUT2D eigenvalue weighted by Gasteiger charge is -2.17. The van der Waals surface area contributed by atoms with Gasteiger partial charge in [0.15, 0.2) is 5.75 Å². The Morgan fingerprint density at radius 2 is 2.00 bits per heavy atom. The van der Waals surface area contributed by atoms with E-state index >= 15 is 0 Å². The molecule has 3 aromatic rings. The standard InChI is InChI=1S/C26H29ClN4O6S/c1-17-14-18(31-16-19(37-26(31)34)15-29-24(32)22-7-8-23(27)38-22)5-6-20(17)30-11-3-4-21(25(30)33)36-13-10-28-9-12-35-2/h3-8,11,14,19,28H,9-10,12-13,15-16H2,1-2H3,(H,29,32)/t19-/m0/s1. The van der Waals surface area contributed by atoms with Crippen molar-refractivity contribution in [2.24, 2.45) is 0 Å². The topological polar surface area (TPSA) is 111 Å². The molecule has 0 saturated carbocycles. The number of pyridine rings is 1. The van der Waals surface area contributed by atoms with Gasteiger partial charge in [-0.05, 0) is 55.0 Å². The number of carbonyl (C=O) groups is 2. The second-order valence-electron chi connectivity index (χ2n) is 8.54. The maximum absolute atomic E-state index is 13.0. The third-order valence-corrected chi connectivity index (χ3v) is 7.07. The van der Waals surface area contributed by atoms with Crippen LogP contribution >= 0.6 is 22.9 Å². The molecule has 0 bridgehead atoms. The zero-order valence-corrected chi connectivity index (χ0v) is 22.6. The van der Waals surface area contributed by atoms with E-state index in [2.05, 4.69) is 10.6 Å². The smallest absolute Gasteiger partial charge is 0.414 e. The van der Waals surface area contributed by atoms with Gasteiger partial charge in [-0.15, -0.1) is 11.3 Å². The third kappa shape index (κ3) is 6.73. The Bertz CT molecular complexity index is 1340. The molecule has 10 nitrogen and oxygen atoms in total. The fraction of sp³-hybridized carbons (Fsp3) is 0.346. The second kappa shape index (κ2) is 12.9. The Labute approximate surface area is 229 Å². The van der Waals surface area contributed by atoms with Crippen LogP contribution in [0.2, 0.25) is 4.34 Å². The monoisotopic (exact) mass is 560 g/mol. The highest BCUT2D eigenvalue weighted by atomic mass is 35.5. The van der Waals surface area contributed by atoms with Crippen molar-refractivity contribution in [1.29, 1.82) is 0 Å². The van der Waals surface area contributed by atoms with Gasteiger partial charge in [-0.3, -0.25) is 19.1 Å². The summed E-state index contributed by atoms with van der Waals surface area (Å²) in [7, 11) is 1.64. The number of aromatic nitrogens is 1. The molecule has 12 heteroatoms. The van der Waals surface area contributed by atoms with E-state index < -0.39 is 12.2 Å². The van der Waals surface area contributed by atoms with E-state index in [0.29, 0.717) is 46.9 Å². The largest absolute Gasteiger partial charge is 0.487 e. The summed E-state index contributed by atoms with van der Waals surface area (Å²) in [5.41, 5.74) is 1.83. The van der Waals surface area contributed by atoms with E-state index in [1.807, 2.05) is 13.0 Å². The minimum Gasteiger partial charge on any atom is -0.487 e. The molecule has 0 aliphatic carbocycles. The Balaban J connectivity index is 1.38. The van der Waals surface area contributed by atoms with Crippen LogP contribution in [0.3, 0.4) is 0 Å². The van der Waals surface area contributed by atoms with Crippen molar-refractivity contribution in [2.75, 3.05) is 51.4 Å². The third-order valence-electron chi connectivity index (χ3n) is 5.84. The summed E-state index contributed by atoms with van der Waals surface area (Å²) in [5.74, 6) is -0.0158. The van der Waals surface area contributed by atoms with Gasteiger partial charge in [0.1, 0.15) is 12.7 Å². The number of amides is 2. The van der Waals surface area contributed by atoms with Crippen molar-refractivity contribution >= 4 is 40.6 Å². The van der Waals surface area contributed by atoms with Gasteiger partial charge in [-0.1, -0.05) is 11.6 Å². The summed E-state index contributed by atoms with van der Waals surface area (Å²) in [5, 5.41) is 5.94. The normalized spacial score (nSPS) is 15.0. The van der Waals surface area contributed by atoms with Crippen LogP contribution in [0.5, 0.6) is 5.75 Å². The van der Waals surface area contributed by atoms with E-state index in [9.17, 15) is 14.4 Å². The van der Waals surface area contributed by atoms with Crippen LogP contribution in [0.4, 0.5) is 10.5 Å². The van der Waals surface area contributed by atoms with Gasteiger partial charge in [-0.2, -0.15) is 0 Å². The van der Waals surface area contributed by atoms with E-state index in [-0.39, 0.29) is 30.3 Å². The zero-order valence-electron chi connectivity index (χ0n) is 21.1. The van der Waals surface area contributed by atoms with E-state index in [4.69, 9.17) is 25.8 Å². The highest BCUT2D eigenvalue weighted by Gasteiger charge is 2.33. The fourth-order valence-electron chi connectivity index (χ4n) is 3.95.